The number of aryl methyl sites for hydroxylation is 1. The Hall–Kier alpha value is -1.71. The van der Waals surface area contributed by atoms with Gasteiger partial charge in [-0.25, -0.2) is 18.1 Å². The molecule has 0 radical (unpaired) electrons. The Labute approximate surface area is 178 Å². The van der Waals surface area contributed by atoms with Gasteiger partial charge in [0.25, 0.3) is 5.91 Å². The number of carbonyl (C=O) groups excluding carboxylic acids is 1. The fourth-order valence-electron chi connectivity index (χ4n) is 5.11. The standard InChI is InChI=1S/C21H31N3O5S/c1-14-9-10-22-21-20(14)15-5-7-16(8-6-15)28-12-18-17(23-30(2,26)27)4-3-11-24(18)19(25)13-29-21/h9-10,15-18,23H,3-8,11-13H2,1-2H3. The lowest BCUT2D eigenvalue weighted by molar-refractivity contribution is -0.140. The monoisotopic (exact) mass is 437 g/mol. The summed E-state index contributed by atoms with van der Waals surface area (Å²) in [5, 5.41) is 0. The van der Waals surface area contributed by atoms with Gasteiger partial charge < -0.3 is 14.4 Å². The van der Waals surface area contributed by atoms with Crippen LogP contribution in [-0.4, -0.2) is 68.4 Å². The summed E-state index contributed by atoms with van der Waals surface area (Å²) in [5.41, 5.74) is 2.25. The summed E-state index contributed by atoms with van der Waals surface area (Å²) in [6, 6.07) is 1.30. The molecule has 5 rings (SSSR count). The summed E-state index contributed by atoms with van der Waals surface area (Å²) in [6.07, 6.45) is 8.26. The van der Waals surface area contributed by atoms with Gasteiger partial charge in [0, 0.05) is 24.3 Å². The molecule has 9 heteroatoms. The summed E-state index contributed by atoms with van der Waals surface area (Å²) in [6.45, 7) is 2.86. The topological polar surface area (TPSA) is 97.8 Å². The maximum atomic E-state index is 13.1. The summed E-state index contributed by atoms with van der Waals surface area (Å²) >= 11 is 0. The Morgan fingerprint density at radius 1 is 1.20 bits per heavy atom. The number of carbonyl (C=O) groups is 1. The molecule has 2 bridgehead atoms. The van der Waals surface area contributed by atoms with E-state index in [1.165, 1.54) is 0 Å². The van der Waals surface area contributed by atoms with Gasteiger partial charge in [-0.3, -0.25) is 4.79 Å². The van der Waals surface area contributed by atoms with Crippen molar-refractivity contribution in [2.45, 2.75) is 69.6 Å². The fraction of sp³-hybridized carbons (Fsp3) is 0.714. The zero-order valence-corrected chi connectivity index (χ0v) is 18.5. The average molecular weight is 438 g/mol. The maximum Gasteiger partial charge on any atom is 0.260 e. The molecule has 3 aliphatic heterocycles. The van der Waals surface area contributed by atoms with Crippen molar-refractivity contribution in [3.63, 3.8) is 0 Å². The minimum Gasteiger partial charge on any atom is -0.467 e. The number of nitrogens with one attached hydrogen (secondary N) is 1. The first-order valence-corrected chi connectivity index (χ1v) is 12.7. The summed E-state index contributed by atoms with van der Waals surface area (Å²) in [7, 11) is -3.39. The Kier molecular flexibility index (Phi) is 6.31. The van der Waals surface area contributed by atoms with Crippen molar-refractivity contribution >= 4 is 15.9 Å². The molecule has 4 heterocycles. The molecule has 1 saturated carbocycles. The van der Waals surface area contributed by atoms with Gasteiger partial charge in [-0.1, -0.05) is 0 Å². The number of sulfonamides is 1. The van der Waals surface area contributed by atoms with Crippen LogP contribution in [0.4, 0.5) is 0 Å². The Morgan fingerprint density at radius 3 is 2.70 bits per heavy atom. The second kappa shape index (κ2) is 8.80. The van der Waals surface area contributed by atoms with Gasteiger partial charge in [0.1, 0.15) is 0 Å². The van der Waals surface area contributed by atoms with Crippen LogP contribution >= 0.6 is 0 Å². The number of rotatable bonds is 2. The molecule has 0 aromatic carbocycles. The lowest BCUT2D eigenvalue weighted by atomic mass is 9.81. The quantitative estimate of drug-likeness (QED) is 0.757. The molecule has 30 heavy (non-hydrogen) atoms. The molecular weight excluding hydrogens is 406 g/mol. The van der Waals surface area contributed by atoms with Gasteiger partial charge in [0.15, 0.2) is 6.61 Å². The lowest BCUT2D eigenvalue weighted by Gasteiger charge is -2.41. The molecule has 1 aromatic heterocycles. The van der Waals surface area contributed by atoms with E-state index in [9.17, 15) is 13.2 Å². The van der Waals surface area contributed by atoms with E-state index in [0.717, 1.165) is 49.5 Å². The molecule has 1 aromatic rings. The number of amides is 1. The molecule has 1 amide bonds. The summed E-state index contributed by atoms with van der Waals surface area (Å²) < 4.78 is 38.7. The van der Waals surface area contributed by atoms with Crippen molar-refractivity contribution in [1.29, 1.82) is 0 Å². The van der Waals surface area contributed by atoms with Gasteiger partial charge in [-0.2, -0.15) is 0 Å². The summed E-state index contributed by atoms with van der Waals surface area (Å²) in [5.74, 6) is 0.738. The molecular formula is C21H31N3O5S. The van der Waals surface area contributed by atoms with Crippen LogP contribution in [0.25, 0.3) is 0 Å². The third-order valence-electron chi connectivity index (χ3n) is 6.55. The molecule has 1 aliphatic carbocycles. The van der Waals surface area contributed by atoms with Gasteiger partial charge >= 0.3 is 0 Å². The number of nitrogens with zero attached hydrogens (tertiary/aromatic N) is 2. The first-order valence-electron chi connectivity index (χ1n) is 10.8. The first kappa shape index (κ1) is 21.5. The highest BCUT2D eigenvalue weighted by atomic mass is 32.2. The number of hydrogen-bond acceptors (Lipinski definition) is 6. The zero-order valence-electron chi connectivity index (χ0n) is 17.7. The highest BCUT2D eigenvalue weighted by molar-refractivity contribution is 7.88. The Bertz CT molecular complexity index is 883. The van der Waals surface area contributed by atoms with E-state index in [-0.39, 0.29) is 30.7 Å². The third kappa shape index (κ3) is 4.78. The van der Waals surface area contributed by atoms with Gasteiger partial charge in [0.05, 0.1) is 25.0 Å². The zero-order chi connectivity index (χ0) is 21.3. The van der Waals surface area contributed by atoms with Gasteiger partial charge in [0.2, 0.25) is 15.9 Å². The predicted octanol–water partition coefficient (Wildman–Crippen LogP) is 1.73. The highest BCUT2D eigenvalue weighted by Gasteiger charge is 2.38. The van der Waals surface area contributed by atoms with E-state index in [1.807, 2.05) is 6.07 Å². The SMILES string of the molecule is Cc1ccnc2c1C1CCC(CC1)OCC1C(NS(C)(=O)=O)CCCN1C(=O)CO2. The van der Waals surface area contributed by atoms with Crippen LogP contribution in [0.15, 0.2) is 12.3 Å². The number of ether oxygens (including phenoxy) is 2. The molecule has 166 valence electrons. The smallest absolute Gasteiger partial charge is 0.260 e. The van der Waals surface area contributed by atoms with Crippen LogP contribution in [0.5, 0.6) is 5.88 Å². The van der Waals surface area contributed by atoms with Crippen LogP contribution < -0.4 is 9.46 Å². The van der Waals surface area contributed by atoms with Crippen molar-refractivity contribution in [3.8, 4) is 5.88 Å². The molecule has 4 aliphatic rings. The van der Waals surface area contributed by atoms with Crippen molar-refractivity contribution in [3.05, 3.63) is 23.4 Å². The normalized spacial score (nSPS) is 30.3. The fourth-order valence-corrected chi connectivity index (χ4v) is 5.93. The predicted molar refractivity (Wildman–Crippen MR) is 112 cm³/mol. The molecule has 8 nitrogen and oxygen atoms in total. The Balaban J connectivity index is 1.63. The van der Waals surface area contributed by atoms with Crippen molar-refractivity contribution in [2.24, 2.45) is 0 Å². The molecule has 1 N–H and O–H groups in total. The van der Waals surface area contributed by atoms with Crippen LogP contribution in [-0.2, 0) is 19.6 Å². The van der Waals surface area contributed by atoms with Gasteiger partial charge in [-0.15, -0.1) is 0 Å². The van der Waals surface area contributed by atoms with E-state index >= 15 is 0 Å². The minimum absolute atomic E-state index is 0.109. The number of piperidine rings is 1. The van der Waals surface area contributed by atoms with Crippen LogP contribution in [0.2, 0.25) is 0 Å². The number of aromatic nitrogens is 1. The highest BCUT2D eigenvalue weighted by Crippen LogP contribution is 2.39. The van der Waals surface area contributed by atoms with Crippen LogP contribution in [0, 0.1) is 6.92 Å². The average Bonchev–Trinajstić information content (AvgIpc) is 2.71. The first-order chi connectivity index (χ1) is 14.3. The van der Waals surface area contributed by atoms with E-state index in [1.54, 1.807) is 11.1 Å². The van der Waals surface area contributed by atoms with E-state index in [4.69, 9.17) is 9.47 Å². The van der Waals surface area contributed by atoms with E-state index < -0.39 is 10.0 Å². The third-order valence-corrected chi connectivity index (χ3v) is 7.28. The molecule has 2 fully saturated rings. The maximum absolute atomic E-state index is 13.1. The van der Waals surface area contributed by atoms with Crippen LogP contribution in [0.1, 0.15) is 55.6 Å². The molecule has 0 spiro atoms. The van der Waals surface area contributed by atoms with Crippen molar-refractivity contribution < 1.29 is 22.7 Å². The number of hydrogen-bond donors (Lipinski definition) is 1. The van der Waals surface area contributed by atoms with E-state index in [0.29, 0.717) is 31.4 Å². The molecule has 1 saturated heterocycles. The number of fused-ring (bicyclic) bond motifs is 5. The molecule has 2 unspecified atom stereocenters. The van der Waals surface area contributed by atoms with Gasteiger partial charge in [-0.05, 0) is 63.0 Å². The second-order valence-corrected chi connectivity index (χ2v) is 10.5. The van der Waals surface area contributed by atoms with Crippen LogP contribution in [0.3, 0.4) is 0 Å². The summed E-state index contributed by atoms with van der Waals surface area (Å²) in [4.78, 5) is 19.2. The largest absolute Gasteiger partial charge is 0.467 e. The molecule has 2 atom stereocenters. The minimum atomic E-state index is -3.39. The van der Waals surface area contributed by atoms with Crippen molar-refractivity contribution in [2.75, 3.05) is 26.0 Å². The lowest BCUT2D eigenvalue weighted by Crippen LogP contribution is -2.59. The van der Waals surface area contributed by atoms with Crippen molar-refractivity contribution in [1.82, 2.24) is 14.6 Å². The Morgan fingerprint density at radius 2 is 1.97 bits per heavy atom. The number of pyridine rings is 1. The second-order valence-electron chi connectivity index (χ2n) is 8.74. The van der Waals surface area contributed by atoms with E-state index in [2.05, 4.69) is 16.6 Å².